The van der Waals surface area contributed by atoms with Gasteiger partial charge in [0.2, 0.25) is 23.6 Å². The van der Waals surface area contributed by atoms with Crippen molar-refractivity contribution in [1.29, 1.82) is 0 Å². The number of hydrogen-bond donors (Lipinski definition) is 6. The number of nitrogens with one attached hydrogen (secondary N) is 4. The van der Waals surface area contributed by atoms with Gasteiger partial charge in [0, 0.05) is 38.9 Å². The molecule has 16 heteroatoms. The smallest absolute Gasteiger partial charge is 0.326 e. The molecule has 0 rings (SSSR count). The molecular weight excluding hydrogens is 680 g/mol. The van der Waals surface area contributed by atoms with Gasteiger partial charge in [-0.1, -0.05) is 71.1 Å². The topological polar surface area (TPSA) is 228 Å². The monoisotopic (exact) mass is 746 g/mol. The highest BCUT2D eigenvalue weighted by molar-refractivity contribution is 5.84. The van der Waals surface area contributed by atoms with Crippen molar-refractivity contribution in [1.82, 2.24) is 21.3 Å². The molecule has 1 atom stereocenters. The van der Waals surface area contributed by atoms with E-state index in [1.165, 1.54) is 0 Å². The van der Waals surface area contributed by atoms with Gasteiger partial charge in [-0.3, -0.25) is 24.0 Å². The lowest BCUT2D eigenvalue weighted by Crippen LogP contribution is -2.41. The number of carbonyl (C=O) groups excluding carboxylic acids is 4. The summed E-state index contributed by atoms with van der Waals surface area (Å²) in [6.45, 7) is 4.61. The van der Waals surface area contributed by atoms with E-state index >= 15 is 0 Å². The first-order chi connectivity index (χ1) is 25.1. The van der Waals surface area contributed by atoms with Gasteiger partial charge in [0.25, 0.3) is 0 Å². The quantitative estimate of drug-likeness (QED) is 0.0502. The second-order valence-corrected chi connectivity index (χ2v) is 12.5. The average Bonchev–Trinajstić information content (AvgIpc) is 3.10. The zero-order chi connectivity index (χ0) is 38.5. The summed E-state index contributed by atoms with van der Waals surface area (Å²) in [6.07, 6.45) is 13.2. The summed E-state index contributed by atoms with van der Waals surface area (Å²) in [5.74, 6) is -3.08. The normalized spacial score (nSPS) is 11.5. The van der Waals surface area contributed by atoms with Crippen LogP contribution in [0, 0.1) is 0 Å². The second-order valence-electron chi connectivity index (χ2n) is 12.5. The summed E-state index contributed by atoms with van der Waals surface area (Å²) in [7, 11) is 0. The second kappa shape index (κ2) is 36.0. The minimum absolute atomic E-state index is 0.00856. The molecule has 0 aromatic heterocycles. The number of unbranched alkanes of at least 4 members (excludes halogenated alkanes) is 11. The molecule has 0 saturated heterocycles. The molecule has 0 aliphatic heterocycles. The summed E-state index contributed by atoms with van der Waals surface area (Å²) in [4.78, 5) is 69.8. The average molecular weight is 747 g/mol. The molecule has 0 unspecified atom stereocenters. The zero-order valence-corrected chi connectivity index (χ0v) is 31.4. The molecule has 0 aromatic rings. The fourth-order valence-corrected chi connectivity index (χ4v) is 4.86. The van der Waals surface area contributed by atoms with Crippen LogP contribution in [0.4, 0.5) is 0 Å². The van der Waals surface area contributed by atoms with Crippen LogP contribution in [0.2, 0.25) is 0 Å². The minimum atomic E-state index is -1.19. The highest BCUT2D eigenvalue weighted by Gasteiger charge is 2.20. The molecule has 0 aliphatic rings. The molecule has 302 valence electrons. The maximum absolute atomic E-state index is 12.2. The minimum Gasteiger partial charge on any atom is -0.481 e. The van der Waals surface area contributed by atoms with Crippen molar-refractivity contribution in [2.75, 3.05) is 72.5 Å². The molecule has 52 heavy (non-hydrogen) atoms. The first-order valence-corrected chi connectivity index (χ1v) is 19.0. The van der Waals surface area contributed by atoms with Crippen molar-refractivity contribution >= 4 is 35.6 Å². The van der Waals surface area contributed by atoms with Crippen molar-refractivity contribution < 1.29 is 57.9 Å². The zero-order valence-electron chi connectivity index (χ0n) is 31.4. The number of amides is 4. The lowest BCUT2D eigenvalue weighted by Gasteiger charge is -2.14. The van der Waals surface area contributed by atoms with Gasteiger partial charge in [-0.25, -0.2) is 4.79 Å². The number of ether oxygens (including phenoxy) is 4. The van der Waals surface area contributed by atoms with Crippen LogP contribution in [0.15, 0.2) is 0 Å². The van der Waals surface area contributed by atoms with Gasteiger partial charge in [0.15, 0.2) is 0 Å². The lowest BCUT2D eigenvalue weighted by atomic mass is 10.0. The first-order valence-electron chi connectivity index (χ1n) is 19.0. The maximum atomic E-state index is 12.2. The van der Waals surface area contributed by atoms with Gasteiger partial charge >= 0.3 is 11.9 Å². The number of carboxylic acids is 2. The van der Waals surface area contributed by atoms with E-state index in [-0.39, 0.29) is 95.5 Å². The van der Waals surface area contributed by atoms with Gasteiger partial charge in [-0.05, 0) is 25.7 Å². The molecule has 0 aromatic carbocycles. The summed E-state index contributed by atoms with van der Waals surface area (Å²) >= 11 is 0. The summed E-state index contributed by atoms with van der Waals surface area (Å²) in [5, 5.41) is 28.7. The highest BCUT2D eigenvalue weighted by atomic mass is 16.5. The highest BCUT2D eigenvalue weighted by Crippen LogP contribution is 2.12. The van der Waals surface area contributed by atoms with Crippen LogP contribution < -0.4 is 21.3 Å². The molecule has 0 aliphatic carbocycles. The van der Waals surface area contributed by atoms with Crippen LogP contribution in [-0.2, 0) is 47.7 Å². The summed E-state index contributed by atoms with van der Waals surface area (Å²) in [6, 6.07) is -1.14. The van der Waals surface area contributed by atoms with E-state index in [4.69, 9.17) is 24.1 Å². The van der Waals surface area contributed by atoms with Crippen molar-refractivity contribution in [3.8, 4) is 0 Å². The van der Waals surface area contributed by atoms with Crippen molar-refractivity contribution in [2.24, 2.45) is 0 Å². The Bertz CT molecular complexity index is 970. The SMILES string of the molecule is CCCCCNC(=O)COCCOCCNC(=O)COCCOCCNC(=O)CC[C@H](NC(=O)CCCCCCCCCCCCC(=O)O)C(=O)O. The van der Waals surface area contributed by atoms with Crippen LogP contribution in [0.5, 0.6) is 0 Å². The van der Waals surface area contributed by atoms with E-state index in [2.05, 4.69) is 28.2 Å². The van der Waals surface area contributed by atoms with Crippen molar-refractivity contribution in [3.05, 3.63) is 0 Å². The van der Waals surface area contributed by atoms with Crippen LogP contribution >= 0.6 is 0 Å². The molecular formula is C36H66N4O12. The van der Waals surface area contributed by atoms with E-state index in [0.717, 1.165) is 77.0 Å². The Kier molecular flexibility index (Phi) is 33.7. The first kappa shape index (κ1) is 48.7. The van der Waals surface area contributed by atoms with E-state index in [1.54, 1.807) is 0 Å². The molecule has 16 nitrogen and oxygen atoms in total. The molecule has 0 saturated carbocycles. The maximum Gasteiger partial charge on any atom is 0.326 e. The van der Waals surface area contributed by atoms with Crippen LogP contribution in [0.25, 0.3) is 0 Å². The third kappa shape index (κ3) is 35.1. The largest absolute Gasteiger partial charge is 0.481 e. The Morgan fingerprint density at radius 2 is 0.942 bits per heavy atom. The van der Waals surface area contributed by atoms with Crippen molar-refractivity contribution in [2.45, 2.75) is 122 Å². The molecule has 4 amide bonds. The van der Waals surface area contributed by atoms with E-state index in [0.29, 0.717) is 32.7 Å². The van der Waals surface area contributed by atoms with Gasteiger partial charge < -0.3 is 50.4 Å². The van der Waals surface area contributed by atoms with Gasteiger partial charge in [0.1, 0.15) is 19.3 Å². The molecule has 0 radical (unpaired) electrons. The third-order valence-corrected chi connectivity index (χ3v) is 7.79. The van der Waals surface area contributed by atoms with Crippen LogP contribution in [0.1, 0.15) is 116 Å². The Morgan fingerprint density at radius 3 is 1.44 bits per heavy atom. The number of carbonyl (C=O) groups is 6. The molecule has 0 bridgehead atoms. The fourth-order valence-electron chi connectivity index (χ4n) is 4.86. The standard InChI is InChI=1S/C36H66N4O12/c1-2-3-14-19-37-33(43)28-51-26-25-50-23-21-39-34(44)29-52-27-24-49-22-20-38-31(41)18-17-30(36(47)48)40-32(42)15-12-10-8-6-4-5-7-9-11-13-16-35(45)46/h30H,2-29H2,1H3,(H,37,43)(H,38,41)(H,39,44)(H,40,42)(H,45,46)(H,47,48)/t30-/m0/s1. The van der Waals surface area contributed by atoms with Crippen LogP contribution in [0.3, 0.4) is 0 Å². The van der Waals surface area contributed by atoms with E-state index in [9.17, 15) is 33.9 Å². The predicted octanol–water partition coefficient (Wildman–Crippen LogP) is 2.71. The van der Waals surface area contributed by atoms with Crippen LogP contribution in [-0.4, -0.2) is 124 Å². The number of carboxylic acid groups (broad SMARTS) is 2. The molecule has 0 spiro atoms. The number of aliphatic carboxylic acids is 2. The van der Waals surface area contributed by atoms with Gasteiger partial charge in [0.05, 0.1) is 39.6 Å². The Balaban J connectivity index is 3.67. The molecule has 0 fully saturated rings. The van der Waals surface area contributed by atoms with E-state index in [1.807, 2.05) is 0 Å². The molecule has 6 N–H and O–H groups in total. The van der Waals surface area contributed by atoms with Crippen molar-refractivity contribution in [3.63, 3.8) is 0 Å². The third-order valence-electron chi connectivity index (χ3n) is 7.79. The summed E-state index contributed by atoms with van der Waals surface area (Å²) in [5.41, 5.74) is 0. The Morgan fingerprint density at radius 1 is 0.481 bits per heavy atom. The van der Waals surface area contributed by atoms with Gasteiger partial charge in [-0.15, -0.1) is 0 Å². The fraction of sp³-hybridized carbons (Fsp3) is 0.833. The lowest BCUT2D eigenvalue weighted by molar-refractivity contribution is -0.142. The van der Waals surface area contributed by atoms with Gasteiger partial charge in [-0.2, -0.15) is 0 Å². The predicted molar refractivity (Wildman–Crippen MR) is 194 cm³/mol. The summed E-state index contributed by atoms with van der Waals surface area (Å²) < 4.78 is 21.2. The Labute approximate surface area is 309 Å². The van der Waals surface area contributed by atoms with E-state index < -0.39 is 18.0 Å². The number of rotatable bonds is 38. The number of hydrogen-bond acceptors (Lipinski definition) is 10. The Hall–Kier alpha value is -3.34. The molecule has 0 heterocycles.